The van der Waals surface area contributed by atoms with E-state index in [1.807, 2.05) is 37.3 Å². The molecule has 1 N–H and O–H groups in total. The van der Waals surface area contributed by atoms with Crippen molar-refractivity contribution in [2.24, 2.45) is 31.8 Å². The summed E-state index contributed by atoms with van der Waals surface area (Å²) in [5, 5.41) is 4.36. The molecule has 13 heteroatoms. The Balaban J connectivity index is 1.10. The summed E-state index contributed by atoms with van der Waals surface area (Å²) < 4.78 is 13.7. The second-order valence-electron chi connectivity index (χ2n) is 13.4. The Kier molecular flexibility index (Phi) is 8.40. The first-order valence-corrected chi connectivity index (χ1v) is 17.8. The molecular weight excluding hydrogens is 691 g/mol. The van der Waals surface area contributed by atoms with E-state index in [0.717, 1.165) is 41.6 Å². The summed E-state index contributed by atoms with van der Waals surface area (Å²) in [6.45, 7) is 4.02. The Hall–Kier alpha value is -4.71. The molecule has 11 nitrogen and oxygen atoms in total. The number of halogens is 2. The third-order valence-electron chi connectivity index (χ3n) is 10.7. The van der Waals surface area contributed by atoms with Crippen LogP contribution >= 0.6 is 23.2 Å². The molecule has 0 bridgehead atoms. The molecular formula is C38H36Cl2N6O5. The average molecular weight is 728 g/mol. The van der Waals surface area contributed by atoms with Crippen molar-refractivity contribution in [1.29, 1.82) is 0 Å². The SMILES string of the molecule is CCOC(=O)C1C2CN(C3CCc4cc(-c5cccc(-c6cccc(Nc7nccc8c7c(=O)n(C)c(=O)n8C)c6Cl)c5Cl)nc(OC)c43)CC21. The van der Waals surface area contributed by atoms with Gasteiger partial charge in [-0.2, -0.15) is 0 Å². The minimum absolute atomic E-state index is 0.0318. The number of likely N-dealkylation sites (tertiary alicyclic amines) is 1. The number of carbonyl (C=O) groups is 1. The zero-order valence-corrected chi connectivity index (χ0v) is 30.1. The zero-order valence-electron chi connectivity index (χ0n) is 28.6. The Labute approximate surface area is 303 Å². The van der Waals surface area contributed by atoms with Crippen LogP contribution in [0, 0.1) is 17.8 Å². The van der Waals surface area contributed by atoms with Gasteiger partial charge < -0.3 is 14.8 Å². The van der Waals surface area contributed by atoms with E-state index >= 15 is 0 Å². The van der Waals surface area contributed by atoms with Crippen molar-refractivity contribution in [3.05, 3.63) is 96.7 Å². The van der Waals surface area contributed by atoms with Gasteiger partial charge in [0.25, 0.3) is 5.56 Å². The number of piperidine rings is 1. The second kappa shape index (κ2) is 12.8. The third-order valence-corrected chi connectivity index (χ3v) is 11.6. The van der Waals surface area contributed by atoms with Crippen LogP contribution in [-0.4, -0.2) is 56.8 Å². The number of esters is 1. The molecule has 3 aromatic heterocycles. The number of hydrogen-bond acceptors (Lipinski definition) is 9. The molecule has 4 heterocycles. The largest absolute Gasteiger partial charge is 0.481 e. The minimum atomic E-state index is -0.463. The molecule has 262 valence electrons. The van der Waals surface area contributed by atoms with Gasteiger partial charge in [-0.05, 0) is 55.4 Å². The summed E-state index contributed by atoms with van der Waals surface area (Å²) in [6.07, 6.45) is 3.38. The highest BCUT2D eigenvalue weighted by molar-refractivity contribution is 6.39. The molecule has 51 heavy (non-hydrogen) atoms. The lowest BCUT2D eigenvalue weighted by Crippen LogP contribution is -2.37. The van der Waals surface area contributed by atoms with Crippen molar-refractivity contribution in [3.8, 4) is 28.3 Å². The van der Waals surface area contributed by atoms with Gasteiger partial charge in [0.1, 0.15) is 11.2 Å². The fraction of sp³-hybridized carbons (Fsp3) is 0.342. The quantitative estimate of drug-likeness (QED) is 0.188. The molecule has 3 atom stereocenters. The topological polar surface area (TPSA) is 121 Å². The number of rotatable bonds is 8. The van der Waals surface area contributed by atoms with Crippen LogP contribution in [0.3, 0.4) is 0 Å². The van der Waals surface area contributed by atoms with E-state index in [0.29, 0.717) is 62.4 Å². The molecule has 2 aromatic carbocycles. The summed E-state index contributed by atoms with van der Waals surface area (Å²) in [7, 11) is 4.70. The number of nitrogens with zero attached hydrogens (tertiary/aromatic N) is 5. The summed E-state index contributed by atoms with van der Waals surface area (Å²) in [4.78, 5) is 49.9. The van der Waals surface area contributed by atoms with Gasteiger partial charge in [0.15, 0.2) is 0 Å². The van der Waals surface area contributed by atoms with Gasteiger partial charge in [0, 0.05) is 61.7 Å². The normalized spacial score (nSPS) is 20.7. The van der Waals surface area contributed by atoms with Crippen LogP contribution in [-0.2, 0) is 30.0 Å². The van der Waals surface area contributed by atoms with Crippen molar-refractivity contribution < 1.29 is 14.3 Å². The van der Waals surface area contributed by atoms with Gasteiger partial charge in [0.05, 0.1) is 46.6 Å². The number of fused-ring (bicyclic) bond motifs is 3. The van der Waals surface area contributed by atoms with Crippen LogP contribution in [0.5, 0.6) is 5.88 Å². The van der Waals surface area contributed by atoms with E-state index in [-0.39, 0.29) is 29.1 Å². The molecule has 1 saturated heterocycles. The van der Waals surface area contributed by atoms with Gasteiger partial charge in [-0.15, -0.1) is 0 Å². The molecule has 5 aromatic rings. The highest BCUT2D eigenvalue weighted by Crippen LogP contribution is 2.56. The van der Waals surface area contributed by atoms with Crippen molar-refractivity contribution in [3.63, 3.8) is 0 Å². The molecule has 0 radical (unpaired) electrons. The number of aryl methyl sites for hydroxylation is 2. The molecule has 2 aliphatic carbocycles. The van der Waals surface area contributed by atoms with Crippen LogP contribution < -0.4 is 21.3 Å². The maximum atomic E-state index is 13.2. The Morgan fingerprint density at radius 1 is 0.980 bits per heavy atom. The lowest BCUT2D eigenvalue weighted by molar-refractivity contribution is -0.145. The molecule has 2 fully saturated rings. The van der Waals surface area contributed by atoms with E-state index in [2.05, 4.69) is 21.3 Å². The van der Waals surface area contributed by atoms with Crippen LogP contribution in [0.2, 0.25) is 10.0 Å². The number of hydrogen-bond donors (Lipinski definition) is 1. The van der Waals surface area contributed by atoms with E-state index in [9.17, 15) is 14.4 Å². The number of benzene rings is 2. The molecule has 0 spiro atoms. The van der Waals surface area contributed by atoms with Gasteiger partial charge in [-0.25, -0.2) is 14.8 Å². The molecule has 3 aliphatic rings. The number of methoxy groups -OCH3 is 1. The highest BCUT2D eigenvalue weighted by atomic mass is 35.5. The lowest BCUT2D eigenvalue weighted by Gasteiger charge is -2.28. The Morgan fingerprint density at radius 2 is 1.69 bits per heavy atom. The Morgan fingerprint density at radius 3 is 2.41 bits per heavy atom. The maximum absolute atomic E-state index is 13.2. The van der Waals surface area contributed by atoms with E-state index in [4.69, 9.17) is 37.7 Å². The second-order valence-corrected chi connectivity index (χ2v) is 14.2. The number of nitrogens with one attached hydrogen (secondary N) is 1. The fourth-order valence-corrected chi connectivity index (χ4v) is 8.76. The first kappa shape index (κ1) is 33.4. The van der Waals surface area contributed by atoms with Crippen LogP contribution in [0.15, 0.2) is 64.3 Å². The molecule has 0 amide bonds. The van der Waals surface area contributed by atoms with Crippen molar-refractivity contribution in [1.82, 2.24) is 24.0 Å². The minimum Gasteiger partial charge on any atom is -0.481 e. The number of carbonyl (C=O) groups excluding carboxylic acids is 1. The number of anilines is 2. The van der Waals surface area contributed by atoms with E-state index in [1.165, 1.54) is 23.4 Å². The van der Waals surface area contributed by atoms with Gasteiger partial charge in [0.2, 0.25) is 5.88 Å². The van der Waals surface area contributed by atoms with Crippen LogP contribution in [0.4, 0.5) is 11.5 Å². The first-order valence-electron chi connectivity index (χ1n) is 17.0. The predicted molar refractivity (Wildman–Crippen MR) is 197 cm³/mol. The number of ether oxygens (including phenoxy) is 2. The van der Waals surface area contributed by atoms with Crippen molar-refractivity contribution >= 4 is 51.6 Å². The maximum Gasteiger partial charge on any atom is 0.330 e. The highest BCUT2D eigenvalue weighted by Gasteiger charge is 2.61. The van der Waals surface area contributed by atoms with E-state index < -0.39 is 11.2 Å². The monoisotopic (exact) mass is 726 g/mol. The summed E-state index contributed by atoms with van der Waals surface area (Å²) in [5.74, 6) is 1.56. The summed E-state index contributed by atoms with van der Waals surface area (Å²) in [6, 6.07) is 15.2. The van der Waals surface area contributed by atoms with Crippen LogP contribution in [0.1, 0.15) is 30.5 Å². The van der Waals surface area contributed by atoms with Gasteiger partial charge in [-0.3, -0.25) is 23.6 Å². The summed E-state index contributed by atoms with van der Waals surface area (Å²) >= 11 is 14.2. The number of aromatic nitrogens is 4. The van der Waals surface area contributed by atoms with E-state index in [1.54, 1.807) is 26.3 Å². The Bertz CT molecular complexity index is 2360. The molecule has 8 rings (SSSR count). The first-order chi connectivity index (χ1) is 24.6. The third kappa shape index (κ3) is 5.41. The predicted octanol–water partition coefficient (Wildman–Crippen LogP) is 6.15. The molecule has 1 aliphatic heterocycles. The van der Waals surface area contributed by atoms with Gasteiger partial charge >= 0.3 is 11.7 Å². The van der Waals surface area contributed by atoms with Crippen LogP contribution in [0.25, 0.3) is 33.3 Å². The number of pyridine rings is 2. The molecule has 1 saturated carbocycles. The lowest BCUT2D eigenvalue weighted by atomic mass is 9.99. The summed E-state index contributed by atoms with van der Waals surface area (Å²) in [5.41, 5.74) is 5.20. The average Bonchev–Trinajstić information content (AvgIpc) is 3.41. The standard InChI is InChI=1S/C38H36Cl2N6O5/c1-5-51-37(48)30-23-17-46(18-24(23)30)28-13-12-19-16-26(43-35(50-4)29(19)28)22-10-6-8-20(32(22)39)21-9-7-11-25(33(21)40)42-34-31-27(14-15-41-34)44(2)38(49)45(3)36(31)47/h6-11,14-16,23-24,28,30H,5,12-13,17-18H2,1-4H3,(H,41,42). The van der Waals surface area contributed by atoms with Crippen molar-refractivity contribution in [2.75, 3.05) is 32.1 Å². The smallest absolute Gasteiger partial charge is 0.330 e. The molecule has 3 unspecified atom stereocenters. The zero-order chi connectivity index (χ0) is 35.7. The van der Waals surface area contributed by atoms with Crippen molar-refractivity contribution in [2.45, 2.75) is 25.8 Å². The van der Waals surface area contributed by atoms with Gasteiger partial charge in [-0.1, -0.05) is 53.5 Å². The fourth-order valence-electron chi connectivity index (χ4n) is 8.16.